The normalized spacial score (nSPS) is 21.8. The van der Waals surface area contributed by atoms with Crippen molar-refractivity contribution in [2.75, 3.05) is 12.4 Å². The number of aromatic nitrogens is 1. The molecule has 1 aromatic carbocycles. The maximum Gasteiger partial charge on any atom is 0.287 e. The van der Waals surface area contributed by atoms with Crippen molar-refractivity contribution in [2.24, 2.45) is 16.7 Å². The lowest BCUT2D eigenvalue weighted by molar-refractivity contribution is -0.137. The zero-order chi connectivity index (χ0) is 33.4. The van der Waals surface area contributed by atoms with Crippen molar-refractivity contribution < 1.29 is 28.4 Å². The highest BCUT2D eigenvalue weighted by Gasteiger charge is 2.61. The number of hydrogen-bond donors (Lipinski definition) is 4. The van der Waals surface area contributed by atoms with E-state index in [1.807, 2.05) is 6.07 Å². The van der Waals surface area contributed by atoms with E-state index in [2.05, 4.69) is 42.0 Å². The lowest BCUT2D eigenvalue weighted by Gasteiger charge is -2.39. The standard InChI is InChI=1S/C34H41N5O7/c1-19-21-9-6-7-11-25(21)46-28(19)31(44)36-22(12-13-24(40)30(43)35-5)29(42)37-23-10-8-16-39(32(23)45)18-27(41)38-26-17-20-14-15-34(26,4)33(20,2)3/h6-11,16,20,22,26H,12-15,17-18H2,1-5H3,(H,35,43)(H,36,44)(H,37,42)(H,38,41)/t20-,22+,26-,34+/m1/s1. The third kappa shape index (κ3) is 5.95. The van der Waals surface area contributed by atoms with Gasteiger partial charge < -0.3 is 30.3 Å². The van der Waals surface area contributed by atoms with Crippen LogP contribution in [0.2, 0.25) is 0 Å². The van der Waals surface area contributed by atoms with Gasteiger partial charge in [0.25, 0.3) is 17.4 Å². The predicted molar refractivity (Wildman–Crippen MR) is 171 cm³/mol. The number of carbonyl (C=O) groups excluding carboxylic acids is 5. The van der Waals surface area contributed by atoms with E-state index in [9.17, 15) is 28.8 Å². The summed E-state index contributed by atoms with van der Waals surface area (Å²) in [6, 6.07) is 8.74. The Morgan fingerprint density at radius 2 is 1.80 bits per heavy atom. The van der Waals surface area contributed by atoms with Gasteiger partial charge in [0.05, 0.1) is 0 Å². The van der Waals surface area contributed by atoms with E-state index in [0.29, 0.717) is 17.1 Å². The van der Waals surface area contributed by atoms with Gasteiger partial charge in [0.1, 0.15) is 23.9 Å². The van der Waals surface area contributed by atoms with Gasteiger partial charge in [-0.3, -0.25) is 28.8 Å². The Kier molecular flexibility index (Phi) is 8.92. The van der Waals surface area contributed by atoms with Gasteiger partial charge in [-0.2, -0.15) is 0 Å². The molecule has 0 radical (unpaired) electrons. The van der Waals surface area contributed by atoms with E-state index in [1.54, 1.807) is 25.1 Å². The Labute approximate surface area is 266 Å². The maximum absolute atomic E-state index is 13.5. The molecule has 5 rings (SSSR count). The first-order chi connectivity index (χ1) is 21.8. The van der Waals surface area contributed by atoms with Crippen molar-refractivity contribution in [3.8, 4) is 0 Å². The molecule has 12 nitrogen and oxygen atoms in total. The lowest BCUT2D eigenvalue weighted by Crippen LogP contribution is -2.48. The molecule has 2 bridgehead atoms. The Morgan fingerprint density at radius 3 is 2.46 bits per heavy atom. The second kappa shape index (κ2) is 12.6. The first kappa shape index (κ1) is 32.6. The highest BCUT2D eigenvalue weighted by atomic mass is 16.3. The fraction of sp³-hybridized carbons (Fsp3) is 0.471. The molecule has 4 amide bonds. The predicted octanol–water partition coefficient (Wildman–Crippen LogP) is 3.07. The van der Waals surface area contributed by atoms with Crippen LogP contribution in [-0.4, -0.2) is 53.1 Å². The number of pyridine rings is 1. The second-order valence-corrected chi connectivity index (χ2v) is 13.2. The summed E-state index contributed by atoms with van der Waals surface area (Å²) in [5.41, 5.74) is 0.448. The lowest BCUT2D eigenvalue weighted by atomic mass is 9.69. The molecule has 2 aliphatic rings. The van der Waals surface area contributed by atoms with Crippen LogP contribution in [0.4, 0.5) is 5.69 Å². The number of fused-ring (bicyclic) bond motifs is 3. The van der Waals surface area contributed by atoms with Crippen molar-refractivity contribution in [2.45, 2.75) is 78.4 Å². The Balaban J connectivity index is 1.30. The van der Waals surface area contributed by atoms with Gasteiger partial charge in [-0.05, 0) is 67.6 Å². The molecule has 3 aromatic rings. The molecule has 4 atom stereocenters. The van der Waals surface area contributed by atoms with Crippen molar-refractivity contribution in [3.63, 3.8) is 0 Å². The third-order valence-corrected chi connectivity index (χ3v) is 10.5. The van der Waals surface area contributed by atoms with Gasteiger partial charge in [0, 0.05) is 36.7 Å². The number of para-hydroxylation sites is 1. The number of Topliss-reactive ketones (excluding diaryl/α,β-unsaturated/α-hetero) is 1. The zero-order valence-corrected chi connectivity index (χ0v) is 26.8. The van der Waals surface area contributed by atoms with Crippen molar-refractivity contribution in [1.82, 2.24) is 20.5 Å². The monoisotopic (exact) mass is 631 g/mol. The van der Waals surface area contributed by atoms with Crippen molar-refractivity contribution >= 4 is 46.1 Å². The third-order valence-electron chi connectivity index (χ3n) is 10.5. The number of benzene rings is 1. The van der Waals surface area contributed by atoms with E-state index in [-0.39, 0.29) is 53.6 Å². The fourth-order valence-electron chi connectivity index (χ4n) is 7.20. The maximum atomic E-state index is 13.5. The Morgan fingerprint density at radius 1 is 1.07 bits per heavy atom. The van der Waals surface area contributed by atoms with Crippen molar-refractivity contribution in [1.29, 1.82) is 0 Å². The van der Waals surface area contributed by atoms with Crippen molar-refractivity contribution in [3.05, 3.63) is 64.3 Å². The van der Waals surface area contributed by atoms with Gasteiger partial charge in [-0.25, -0.2) is 0 Å². The molecule has 4 N–H and O–H groups in total. The number of nitrogens with one attached hydrogen (secondary N) is 4. The van der Waals surface area contributed by atoms with E-state index in [4.69, 9.17) is 4.42 Å². The highest BCUT2D eigenvalue weighted by molar-refractivity contribution is 6.36. The minimum Gasteiger partial charge on any atom is -0.451 e. The molecule has 2 aliphatic carbocycles. The smallest absolute Gasteiger partial charge is 0.287 e. The molecule has 46 heavy (non-hydrogen) atoms. The molecule has 244 valence electrons. The van der Waals surface area contributed by atoms with Gasteiger partial charge in [0.15, 0.2) is 5.76 Å². The fourth-order valence-corrected chi connectivity index (χ4v) is 7.20. The number of likely N-dealkylation sites (N-methyl/N-ethyl adjacent to an activating group) is 1. The van der Waals surface area contributed by atoms with Crippen LogP contribution < -0.4 is 26.8 Å². The summed E-state index contributed by atoms with van der Waals surface area (Å²) in [5, 5.41) is 11.3. The summed E-state index contributed by atoms with van der Waals surface area (Å²) in [6.07, 6.45) is 4.01. The molecule has 2 saturated carbocycles. The SMILES string of the molecule is CNC(=O)C(=O)CC[C@H](NC(=O)c1oc2ccccc2c1C)C(=O)Nc1cccn(CC(=O)N[C@@H]2C[C@H]3CC[C@]2(C)C3(C)C)c1=O. The topological polar surface area (TPSA) is 169 Å². The second-order valence-electron chi connectivity index (χ2n) is 13.2. The van der Waals surface area contributed by atoms with Gasteiger partial charge in [-0.1, -0.05) is 39.0 Å². The van der Waals surface area contributed by atoms with Crippen LogP contribution in [0.1, 0.15) is 69.0 Å². The van der Waals surface area contributed by atoms with Gasteiger partial charge >= 0.3 is 0 Å². The van der Waals surface area contributed by atoms with Gasteiger partial charge in [0.2, 0.25) is 17.6 Å². The average Bonchev–Trinajstić information content (AvgIpc) is 3.55. The van der Waals surface area contributed by atoms with Crippen LogP contribution in [0.15, 0.2) is 51.8 Å². The highest BCUT2D eigenvalue weighted by Crippen LogP contribution is 2.65. The number of rotatable bonds is 11. The first-order valence-corrected chi connectivity index (χ1v) is 15.6. The molecule has 2 fully saturated rings. The van der Waals surface area contributed by atoms with Gasteiger partial charge in [-0.15, -0.1) is 0 Å². The molecular weight excluding hydrogens is 590 g/mol. The van der Waals surface area contributed by atoms with Crippen LogP contribution in [0, 0.1) is 23.7 Å². The number of aryl methyl sites for hydroxylation is 1. The Bertz CT molecular complexity index is 1770. The average molecular weight is 632 g/mol. The molecule has 0 unspecified atom stereocenters. The molecule has 0 spiro atoms. The number of carbonyl (C=O) groups is 5. The molecular formula is C34H41N5O7. The van der Waals surface area contributed by atoms with E-state index >= 15 is 0 Å². The summed E-state index contributed by atoms with van der Waals surface area (Å²) in [7, 11) is 1.32. The van der Waals surface area contributed by atoms with Crippen LogP contribution in [0.25, 0.3) is 11.0 Å². The molecule has 12 heteroatoms. The van der Waals surface area contributed by atoms with Crippen LogP contribution in [0.5, 0.6) is 0 Å². The quantitative estimate of drug-likeness (QED) is 0.236. The number of anilines is 1. The van der Waals surface area contributed by atoms with Crippen LogP contribution in [0.3, 0.4) is 0 Å². The number of furan rings is 1. The number of amides is 4. The number of ketones is 1. The molecule has 0 aliphatic heterocycles. The summed E-state index contributed by atoms with van der Waals surface area (Å²) in [5.74, 6) is -2.82. The molecule has 2 aromatic heterocycles. The molecule has 2 heterocycles. The minimum atomic E-state index is -1.30. The minimum absolute atomic E-state index is 0.00237. The summed E-state index contributed by atoms with van der Waals surface area (Å²) in [6.45, 7) is 8.23. The van der Waals surface area contributed by atoms with Crippen LogP contribution >= 0.6 is 0 Å². The van der Waals surface area contributed by atoms with E-state index < -0.39 is 35.1 Å². The van der Waals surface area contributed by atoms with E-state index in [0.717, 1.165) is 24.6 Å². The number of nitrogens with zero attached hydrogens (tertiary/aromatic N) is 1. The largest absolute Gasteiger partial charge is 0.451 e. The van der Waals surface area contributed by atoms with Crippen LogP contribution in [-0.2, 0) is 25.7 Å². The first-order valence-electron chi connectivity index (χ1n) is 15.6. The summed E-state index contributed by atoms with van der Waals surface area (Å²) in [4.78, 5) is 77.2. The zero-order valence-electron chi connectivity index (χ0n) is 26.8. The van der Waals surface area contributed by atoms with E-state index in [1.165, 1.54) is 29.9 Å². The molecule has 0 saturated heterocycles. The number of hydrogen-bond acceptors (Lipinski definition) is 7. The summed E-state index contributed by atoms with van der Waals surface area (Å²) >= 11 is 0. The Hall–Kier alpha value is -4.74. The summed E-state index contributed by atoms with van der Waals surface area (Å²) < 4.78 is 6.94.